The zero-order valence-electron chi connectivity index (χ0n) is 13.8. The molecule has 124 valence electrons. The van der Waals surface area contributed by atoms with Crippen molar-refractivity contribution in [1.82, 2.24) is 10.2 Å². The summed E-state index contributed by atoms with van der Waals surface area (Å²) in [5.74, 6) is 1.65. The molecule has 0 spiro atoms. The molecule has 1 aromatic rings. The molecule has 1 fully saturated rings. The highest BCUT2D eigenvalue weighted by Crippen LogP contribution is 2.28. The molecule has 1 saturated heterocycles. The van der Waals surface area contributed by atoms with Gasteiger partial charge in [0, 0.05) is 32.7 Å². The van der Waals surface area contributed by atoms with Crippen molar-refractivity contribution >= 4 is 0 Å². The second-order valence-corrected chi connectivity index (χ2v) is 5.28. The maximum atomic E-state index is 5.66. The van der Waals surface area contributed by atoms with Crippen LogP contribution in [-0.2, 0) is 11.3 Å². The van der Waals surface area contributed by atoms with Crippen LogP contribution in [-0.4, -0.2) is 57.5 Å². The topological polar surface area (TPSA) is 43.0 Å². The van der Waals surface area contributed by atoms with Crippen LogP contribution in [0, 0.1) is 0 Å². The first-order valence-corrected chi connectivity index (χ1v) is 8.22. The number of benzene rings is 1. The minimum atomic E-state index is 0.647. The number of rotatable bonds is 9. The molecule has 0 atom stereocenters. The van der Waals surface area contributed by atoms with Crippen LogP contribution < -0.4 is 14.8 Å². The highest BCUT2D eigenvalue weighted by Gasteiger charge is 2.09. The summed E-state index contributed by atoms with van der Waals surface area (Å²) >= 11 is 0. The Morgan fingerprint density at radius 2 is 1.82 bits per heavy atom. The Hall–Kier alpha value is -1.30. The smallest absolute Gasteiger partial charge is 0.161 e. The van der Waals surface area contributed by atoms with Crippen LogP contribution in [0.1, 0.15) is 19.4 Å². The molecule has 0 saturated carbocycles. The Morgan fingerprint density at radius 3 is 2.55 bits per heavy atom. The van der Waals surface area contributed by atoms with Crippen molar-refractivity contribution in [3.05, 3.63) is 23.8 Å². The van der Waals surface area contributed by atoms with Crippen LogP contribution in [0.2, 0.25) is 0 Å². The van der Waals surface area contributed by atoms with E-state index in [4.69, 9.17) is 14.2 Å². The minimum absolute atomic E-state index is 0.647. The lowest BCUT2D eigenvalue weighted by molar-refractivity contribution is 0.0384. The number of morpholine rings is 1. The number of hydrogen-bond donors (Lipinski definition) is 1. The quantitative estimate of drug-likeness (QED) is 0.706. The van der Waals surface area contributed by atoms with E-state index in [1.807, 2.05) is 19.9 Å². The molecule has 5 nitrogen and oxygen atoms in total. The summed E-state index contributed by atoms with van der Waals surface area (Å²) in [5, 5.41) is 3.49. The van der Waals surface area contributed by atoms with Gasteiger partial charge in [0.25, 0.3) is 0 Å². The molecule has 0 aliphatic carbocycles. The predicted octanol–water partition coefficient (Wildman–Crippen LogP) is 1.91. The van der Waals surface area contributed by atoms with E-state index < -0.39 is 0 Å². The van der Waals surface area contributed by atoms with Crippen molar-refractivity contribution in [2.24, 2.45) is 0 Å². The van der Waals surface area contributed by atoms with E-state index in [9.17, 15) is 0 Å². The zero-order chi connectivity index (χ0) is 15.6. The molecule has 0 bridgehead atoms. The summed E-state index contributed by atoms with van der Waals surface area (Å²) in [7, 11) is 0. The molecule has 0 amide bonds. The third-order valence-electron chi connectivity index (χ3n) is 3.65. The van der Waals surface area contributed by atoms with Crippen LogP contribution in [0.15, 0.2) is 18.2 Å². The summed E-state index contributed by atoms with van der Waals surface area (Å²) < 4.78 is 16.6. The number of nitrogens with one attached hydrogen (secondary N) is 1. The van der Waals surface area contributed by atoms with Crippen molar-refractivity contribution in [2.45, 2.75) is 20.4 Å². The normalized spacial score (nSPS) is 15.7. The van der Waals surface area contributed by atoms with Gasteiger partial charge in [0.15, 0.2) is 11.5 Å². The van der Waals surface area contributed by atoms with Crippen molar-refractivity contribution in [3.63, 3.8) is 0 Å². The number of nitrogens with zero attached hydrogens (tertiary/aromatic N) is 1. The Bertz CT molecular complexity index is 434. The van der Waals surface area contributed by atoms with Gasteiger partial charge in [-0.25, -0.2) is 0 Å². The van der Waals surface area contributed by atoms with E-state index in [1.54, 1.807) is 0 Å². The first-order chi connectivity index (χ1) is 10.8. The lowest BCUT2D eigenvalue weighted by Crippen LogP contribution is -2.40. The van der Waals surface area contributed by atoms with Crippen LogP contribution in [0.25, 0.3) is 0 Å². The average molecular weight is 308 g/mol. The molecule has 0 radical (unpaired) electrons. The molecule has 1 heterocycles. The van der Waals surface area contributed by atoms with Crippen LogP contribution in [0.4, 0.5) is 0 Å². The van der Waals surface area contributed by atoms with Gasteiger partial charge in [-0.05, 0) is 31.5 Å². The first kappa shape index (κ1) is 17.1. The fraction of sp³-hybridized carbons (Fsp3) is 0.647. The molecule has 1 N–H and O–H groups in total. The van der Waals surface area contributed by atoms with E-state index in [2.05, 4.69) is 22.3 Å². The highest BCUT2D eigenvalue weighted by molar-refractivity contribution is 5.43. The lowest BCUT2D eigenvalue weighted by Gasteiger charge is -2.26. The number of hydrogen-bond acceptors (Lipinski definition) is 5. The van der Waals surface area contributed by atoms with Crippen molar-refractivity contribution in [3.8, 4) is 11.5 Å². The highest BCUT2D eigenvalue weighted by atomic mass is 16.5. The maximum absolute atomic E-state index is 5.66. The van der Waals surface area contributed by atoms with Gasteiger partial charge in [0.1, 0.15) is 0 Å². The molecule has 1 aliphatic heterocycles. The molecule has 0 unspecified atom stereocenters. The third kappa shape index (κ3) is 5.48. The van der Waals surface area contributed by atoms with Gasteiger partial charge in [-0.2, -0.15) is 0 Å². The van der Waals surface area contributed by atoms with E-state index in [1.165, 1.54) is 5.56 Å². The van der Waals surface area contributed by atoms with E-state index in [0.29, 0.717) is 13.2 Å². The van der Waals surface area contributed by atoms with Gasteiger partial charge >= 0.3 is 0 Å². The van der Waals surface area contributed by atoms with Gasteiger partial charge in [0.2, 0.25) is 0 Å². The number of ether oxygens (including phenoxy) is 3. The van der Waals surface area contributed by atoms with E-state index >= 15 is 0 Å². The Balaban J connectivity index is 1.77. The maximum Gasteiger partial charge on any atom is 0.161 e. The predicted molar refractivity (Wildman–Crippen MR) is 87.7 cm³/mol. The average Bonchev–Trinajstić information content (AvgIpc) is 2.55. The van der Waals surface area contributed by atoms with Crippen LogP contribution >= 0.6 is 0 Å². The fourth-order valence-electron chi connectivity index (χ4n) is 2.50. The standard InChI is InChI=1S/C17H28N2O3/c1-3-21-16-6-5-15(13-17(16)22-4-2)14-18-7-8-19-9-11-20-12-10-19/h5-6,13,18H,3-4,7-12,14H2,1-2H3. The molecule has 2 rings (SSSR count). The fourth-order valence-corrected chi connectivity index (χ4v) is 2.50. The summed E-state index contributed by atoms with van der Waals surface area (Å²) in [6.45, 7) is 12.0. The molecular formula is C17H28N2O3. The van der Waals surface area contributed by atoms with E-state index in [0.717, 1.165) is 57.4 Å². The molecule has 1 aromatic carbocycles. The second-order valence-electron chi connectivity index (χ2n) is 5.28. The molecule has 1 aliphatic rings. The molecule has 0 aromatic heterocycles. The van der Waals surface area contributed by atoms with Gasteiger partial charge in [-0.3, -0.25) is 4.90 Å². The van der Waals surface area contributed by atoms with E-state index in [-0.39, 0.29) is 0 Å². The summed E-state index contributed by atoms with van der Waals surface area (Å²) in [4.78, 5) is 2.43. The zero-order valence-corrected chi connectivity index (χ0v) is 13.8. The monoisotopic (exact) mass is 308 g/mol. The Kier molecular flexibility index (Phi) is 7.49. The summed E-state index contributed by atoms with van der Waals surface area (Å²) in [6.07, 6.45) is 0. The lowest BCUT2D eigenvalue weighted by atomic mass is 10.2. The van der Waals surface area contributed by atoms with Gasteiger partial charge in [0.05, 0.1) is 26.4 Å². The molecular weight excluding hydrogens is 280 g/mol. The van der Waals surface area contributed by atoms with Crippen LogP contribution in [0.5, 0.6) is 11.5 Å². The largest absolute Gasteiger partial charge is 0.490 e. The van der Waals surface area contributed by atoms with Gasteiger partial charge in [-0.15, -0.1) is 0 Å². The SMILES string of the molecule is CCOc1ccc(CNCCN2CCOCC2)cc1OCC. The summed E-state index contributed by atoms with van der Waals surface area (Å²) in [6, 6.07) is 6.15. The Labute approximate surface area is 133 Å². The Morgan fingerprint density at radius 1 is 1.09 bits per heavy atom. The first-order valence-electron chi connectivity index (χ1n) is 8.22. The van der Waals surface area contributed by atoms with Gasteiger partial charge in [-0.1, -0.05) is 6.07 Å². The van der Waals surface area contributed by atoms with Crippen LogP contribution in [0.3, 0.4) is 0 Å². The molecule has 5 heteroatoms. The van der Waals surface area contributed by atoms with Crippen molar-refractivity contribution in [1.29, 1.82) is 0 Å². The van der Waals surface area contributed by atoms with Crippen molar-refractivity contribution < 1.29 is 14.2 Å². The molecule has 22 heavy (non-hydrogen) atoms. The third-order valence-corrected chi connectivity index (χ3v) is 3.65. The summed E-state index contributed by atoms with van der Waals surface area (Å²) in [5.41, 5.74) is 1.22. The second kappa shape index (κ2) is 9.66. The van der Waals surface area contributed by atoms with Crippen molar-refractivity contribution in [2.75, 3.05) is 52.6 Å². The minimum Gasteiger partial charge on any atom is -0.490 e. The van der Waals surface area contributed by atoms with Gasteiger partial charge < -0.3 is 19.5 Å².